The molecule has 2 aromatic heterocycles. The molecule has 4 aromatic rings. The van der Waals surface area contributed by atoms with Crippen molar-refractivity contribution >= 4 is 29.1 Å². The van der Waals surface area contributed by atoms with Crippen LogP contribution >= 0.6 is 11.6 Å². The summed E-state index contributed by atoms with van der Waals surface area (Å²) in [5, 5.41) is 7.84. The minimum absolute atomic E-state index is 0.142. The van der Waals surface area contributed by atoms with Gasteiger partial charge in [-0.1, -0.05) is 17.7 Å². The molecule has 7 rings (SSSR count). The number of carbonyl (C=O) groups excluding carboxylic acids is 2. The Balaban J connectivity index is 1.22. The fraction of sp³-hybridized carbons (Fsp3) is 0.267. The van der Waals surface area contributed by atoms with Gasteiger partial charge in [0.2, 0.25) is 6.79 Å². The van der Waals surface area contributed by atoms with Crippen LogP contribution < -0.4 is 20.5 Å². The number of morpholine rings is 1. The fourth-order valence-electron chi connectivity index (χ4n) is 5.63. The average molecular weight is 587 g/mol. The molecule has 214 valence electrons. The maximum absolute atomic E-state index is 13.4. The predicted octanol–water partition coefficient (Wildman–Crippen LogP) is 3.60. The van der Waals surface area contributed by atoms with Crippen molar-refractivity contribution in [3.63, 3.8) is 0 Å². The molecule has 3 aliphatic rings. The molecule has 0 unspecified atom stereocenters. The maximum Gasteiger partial charge on any atom is 0.275 e. The van der Waals surface area contributed by atoms with Crippen LogP contribution in [0, 0.1) is 0 Å². The minimum atomic E-state index is -0.601. The number of nitrogens with one attached hydrogen (secondary N) is 1. The number of anilines is 1. The summed E-state index contributed by atoms with van der Waals surface area (Å²) in [4.78, 5) is 32.6. The first kappa shape index (κ1) is 26.4. The molecule has 2 amide bonds. The van der Waals surface area contributed by atoms with Gasteiger partial charge in [0.15, 0.2) is 17.2 Å². The lowest BCUT2D eigenvalue weighted by atomic mass is 9.88. The Labute approximate surface area is 246 Å². The van der Waals surface area contributed by atoms with Crippen LogP contribution in [0.3, 0.4) is 0 Å². The van der Waals surface area contributed by atoms with E-state index in [9.17, 15) is 9.59 Å². The van der Waals surface area contributed by atoms with E-state index in [2.05, 4.69) is 20.3 Å². The van der Waals surface area contributed by atoms with Gasteiger partial charge in [-0.2, -0.15) is 5.10 Å². The molecule has 2 aliphatic heterocycles. The monoisotopic (exact) mass is 586 g/mol. The quantitative estimate of drug-likeness (QED) is 0.350. The number of hydrogen-bond donors (Lipinski definition) is 2. The van der Waals surface area contributed by atoms with E-state index < -0.39 is 11.8 Å². The van der Waals surface area contributed by atoms with Gasteiger partial charge in [-0.3, -0.25) is 14.5 Å². The van der Waals surface area contributed by atoms with Crippen LogP contribution in [0.5, 0.6) is 11.5 Å². The fourth-order valence-corrected chi connectivity index (χ4v) is 5.82. The summed E-state index contributed by atoms with van der Waals surface area (Å²) in [5.74, 6) is 0.217. The predicted molar refractivity (Wildman–Crippen MR) is 154 cm³/mol. The number of ether oxygens (including phenoxy) is 3. The topological polar surface area (TPSA) is 134 Å². The van der Waals surface area contributed by atoms with E-state index in [1.165, 1.54) is 0 Å². The third-order valence-electron chi connectivity index (χ3n) is 7.69. The van der Waals surface area contributed by atoms with Gasteiger partial charge < -0.3 is 25.3 Å². The highest BCUT2D eigenvalue weighted by atomic mass is 35.5. The van der Waals surface area contributed by atoms with E-state index in [4.69, 9.17) is 31.5 Å². The van der Waals surface area contributed by atoms with E-state index >= 15 is 0 Å². The number of fused-ring (bicyclic) bond motifs is 4. The van der Waals surface area contributed by atoms with Crippen LogP contribution in [0.2, 0.25) is 5.02 Å². The second-order valence-corrected chi connectivity index (χ2v) is 10.7. The van der Waals surface area contributed by atoms with E-state index in [1.807, 2.05) is 36.4 Å². The van der Waals surface area contributed by atoms with Crippen molar-refractivity contribution in [3.05, 3.63) is 81.8 Å². The standard InChI is InChI=1S/C30H27ClN6O5/c31-23-7-4-19(15-36-9-11-40-12-10-36)33-27(23)30(39)34-18-3-1-17-2-6-21-26(29(32)38)35-37(28(21)22(17)13-18)20-5-8-24-25(14-20)42-16-41-24/h1,3-5,7-8,13-14H,2,6,9-12,15-16H2,(H2,32,38)(H,34,39). The summed E-state index contributed by atoms with van der Waals surface area (Å²) in [6.07, 6.45) is 1.30. The summed E-state index contributed by atoms with van der Waals surface area (Å²) in [6, 6.07) is 14.7. The Kier molecular flexibility index (Phi) is 6.77. The molecule has 11 nitrogen and oxygen atoms in total. The SMILES string of the molecule is NC(=O)c1nn(-c2ccc3c(c2)OCO3)c2c1CCc1ccc(NC(=O)c3nc(CN4CCOCC4)ccc3Cl)cc1-2. The number of nitrogens with zero attached hydrogens (tertiary/aromatic N) is 4. The Morgan fingerprint density at radius 3 is 2.64 bits per heavy atom. The number of halogens is 1. The minimum Gasteiger partial charge on any atom is -0.454 e. The highest BCUT2D eigenvalue weighted by Crippen LogP contribution is 2.40. The molecular formula is C30H27ClN6O5. The van der Waals surface area contributed by atoms with Gasteiger partial charge in [-0.25, -0.2) is 9.67 Å². The van der Waals surface area contributed by atoms with Crippen LogP contribution in [0.1, 0.15) is 37.8 Å². The lowest BCUT2D eigenvalue weighted by molar-refractivity contribution is 0.0336. The van der Waals surface area contributed by atoms with E-state index in [0.29, 0.717) is 55.5 Å². The lowest BCUT2D eigenvalue weighted by Gasteiger charge is -2.26. The number of amides is 2. The Hall–Kier alpha value is -4.45. The maximum atomic E-state index is 13.4. The van der Waals surface area contributed by atoms with E-state index in [-0.39, 0.29) is 23.2 Å². The molecule has 0 saturated carbocycles. The molecule has 0 bridgehead atoms. The molecule has 2 aromatic carbocycles. The van der Waals surface area contributed by atoms with Crippen molar-refractivity contribution in [2.75, 3.05) is 38.4 Å². The second kappa shape index (κ2) is 10.8. The number of benzene rings is 2. The van der Waals surface area contributed by atoms with Crippen LogP contribution in [-0.2, 0) is 24.1 Å². The van der Waals surface area contributed by atoms with E-state index in [1.54, 1.807) is 16.8 Å². The Morgan fingerprint density at radius 2 is 1.81 bits per heavy atom. The molecule has 0 spiro atoms. The molecule has 0 radical (unpaired) electrons. The highest BCUT2D eigenvalue weighted by Gasteiger charge is 2.29. The number of aromatic nitrogens is 3. The second-order valence-electron chi connectivity index (χ2n) is 10.3. The van der Waals surface area contributed by atoms with Crippen LogP contribution in [0.25, 0.3) is 16.9 Å². The number of aryl methyl sites for hydroxylation is 1. The summed E-state index contributed by atoms with van der Waals surface area (Å²) >= 11 is 6.41. The third-order valence-corrected chi connectivity index (χ3v) is 8.00. The van der Waals surface area contributed by atoms with Crippen molar-refractivity contribution in [2.45, 2.75) is 19.4 Å². The number of primary amides is 1. The number of hydrogen-bond acceptors (Lipinski definition) is 8. The number of nitrogens with two attached hydrogens (primary N) is 1. The first-order chi connectivity index (χ1) is 20.4. The number of rotatable bonds is 6. The van der Waals surface area contributed by atoms with Crippen molar-refractivity contribution in [2.24, 2.45) is 5.73 Å². The molecule has 4 heterocycles. The zero-order chi connectivity index (χ0) is 28.8. The van der Waals surface area contributed by atoms with Gasteiger partial charge in [0.1, 0.15) is 5.69 Å². The molecule has 12 heteroatoms. The number of carbonyl (C=O) groups is 2. The Bertz CT molecular complexity index is 1730. The van der Waals surface area contributed by atoms with Crippen molar-refractivity contribution in [3.8, 4) is 28.4 Å². The lowest BCUT2D eigenvalue weighted by Crippen LogP contribution is -2.36. The molecule has 3 N–H and O–H groups in total. The third kappa shape index (κ3) is 4.85. The largest absolute Gasteiger partial charge is 0.454 e. The van der Waals surface area contributed by atoms with Gasteiger partial charge in [0, 0.05) is 42.5 Å². The summed E-state index contributed by atoms with van der Waals surface area (Å²) in [5.41, 5.74) is 11.5. The first-order valence-electron chi connectivity index (χ1n) is 13.7. The first-order valence-corrected chi connectivity index (χ1v) is 14.0. The molecule has 42 heavy (non-hydrogen) atoms. The number of pyridine rings is 1. The van der Waals surface area contributed by atoms with Crippen LogP contribution in [0.15, 0.2) is 48.5 Å². The normalized spacial score (nSPS) is 15.6. The smallest absolute Gasteiger partial charge is 0.275 e. The van der Waals surface area contributed by atoms with Gasteiger partial charge >= 0.3 is 0 Å². The van der Waals surface area contributed by atoms with Crippen LogP contribution in [-0.4, -0.2) is 64.6 Å². The average Bonchev–Trinajstić information content (AvgIpc) is 3.63. The summed E-state index contributed by atoms with van der Waals surface area (Å²) in [6.45, 7) is 3.72. The van der Waals surface area contributed by atoms with Crippen molar-refractivity contribution in [1.29, 1.82) is 0 Å². The van der Waals surface area contributed by atoms with E-state index in [0.717, 1.165) is 41.2 Å². The zero-order valence-electron chi connectivity index (χ0n) is 22.6. The van der Waals surface area contributed by atoms with Gasteiger partial charge in [-0.05, 0) is 54.8 Å². The highest BCUT2D eigenvalue weighted by molar-refractivity contribution is 6.34. The zero-order valence-corrected chi connectivity index (χ0v) is 23.3. The van der Waals surface area contributed by atoms with Gasteiger partial charge in [0.05, 0.1) is 35.3 Å². The summed E-state index contributed by atoms with van der Waals surface area (Å²) < 4.78 is 18.1. The van der Waals surface area contributed by atoms with Gasteiger partial charge in [0.25, 0.3) is 11.8 Å². The summed E-state index contributed by atoms with van der Waals surface area (Å²) in [7, 11) is 0. The molecule has 1 aliphatic carbocycles. The molecular weight excluding hydrogens is 560 g/mol. The van der Waals surface area contributed by atoms with Crippen molar-refractivity contribution < 1.29 is 23.8 Å². The molecule has 0 atom stereocenters. The van der Waals surface area contributed by atoms with Gasteiger partial charge in [-0.15, -0.1) is 0 Å². The molecule has 1 saturated heterocycles. The Morgan fingerprint density at radius 1 is 0.976 bits per heavy atom. The molecule has 1 fully saturated rings. The van der Waals surface area contributed by atoms with Crippen molar-refractivity contribution in [1.82, 2.24) is 19.7 Å². The van der Waals surface area contributed by atoms with Crippen LogP contribution in [0.4, 0.5) is 5.69 Å².